The van der Waals surface area contributed by atoms with Crippen LogP contribution in [0, 0.1) is 6.20 Å². The monoisotopic (exact) mass is 173 g/mol. The number of hydrogen-bond acceptors (Lipinski definition) is 4. The van der Waals surface area contributed by atoms with Gasteiger partial charge in [-0.15, -0.1) is 0 Å². The molecular formula is C5H5N2O3S. The molecule has 5 nitrogen and oxygen atoms in total. The fourth-order valence-corrected chi connectivity index (χ4v) is 1.02. The standard InChI is InChI=1S/C5H5N2O3S/c8-11(9,10)4-5-3-6-1-2-7-5/h1-2H,4H2,(H,8,9,10). The van der Waals surface area contributed by atoms with Crippen LogP contribution in [0.4, 0.5) is 0 Å². The third-order valence-corrected chi connectivity index (χ3v) is 1.52. The van der Waals surface area contributed by atoms with E-state index in [0.29, 0.717) is 0 Å². The van der Waals surface area contributed by atoms with Gasteiger partial charge in [0, 0.05) is 12.4 Å². The van der Waals surface area contributed by atoms with Crippen molar-refractivity contribution in [3.8, 4) is 0 Å². The minimum absolute atomic E-state index is 0.106. The van der Waals surface area contributed by atoms with Gasteiger partial charge in [0.15, 0.2) is 0 Å². The molecule has 59 valence electrons. The molecule has 1 radical (unpaired) electrons. The van der Waals surface area contributed by atoms with Crippen LogP contribution in [0.3, 0.4) is 0 Å². The van der Waals surface area contributed by atoms with Crippen molar-refractivity contribution < 1.29 is 13.0 Å². The highest BCUT2D eigenvalue weighted by atomic mass is 32.2. The van der Waals surface area contributed by atoms with Crippen LogP contribution in [0.1, 0.15) is 5.69 Å². The van der Waals surface area contributed by atoms with Gasteiger partial charge in [0.2, 0.25) is 0 Å². The Balaban J connectivity index is 2.82. The number of nitrogens with zero attached hydrogens (tertiary/aromatic N) is 2. The summed E-state index contributed by atoms with van der Waals surface area (Å²) in [6.07, 6.45) is 5.02. The van der Waals surface area contributed by atoms with E-state index in [2.05, 4.69) is 16.2 Å². The SMILES string of the molecule is O=S(=O)(O)Cc1[c]nccn1. The molecule has 1 aromatic rings. The molecule has 6 heteroatoms. The second-order valence-electron chi connectivity index (χ2n) is 1.84. The molecule has 0 saturated carbocycles. The van der Waals surface area contributed by atoms with Crippen LogP contribution >= 0.6 is 0 Å². The molecule has 0 unspecified atom stereocenters. The van der Waals surface area contributed by atoms with Crippen molar-refractivity contribution >= 4 is 10.1 Å². The maximum absolute atomic E-state index is 10.3. The lowest BCUT2D eigenvalue weighted by molar-refractivity contribution is 0.481. The summed E-state index contributed by atoms with van der Waals surface area (Å²) in [5.41, 5.74) is 0.106. The van der Waals surface area contributed by atoms with Gasteiger partial charge >= 0.3 is 0 Å². The average molecular weight is 173 g/mol. The minimum atomic E-state index is -4.01. The first kappa shape index (κ1) is 8.09. The van der Waals surface area contributed by atoms with Crippen LogP contribution in [0.2, 0.25) is 0 Å². The van der Waals surface area contributed by atoms with Gasteiger partial charge in [0.1, 0.15) is 11.9 Å². The fourth-order valence-electron chi connectivity index (χ4n) is 0.540. The second-order valence-corrected chi connectivity index (χ2v) is 3.29. The molecule has 0 aromatic carbocycles. The molecular weight excluding hydrogens is 168 g/mol. The van der Waals surface area contributed by atoms with Gasteiger partial charge in [-0.05, 0) is 0 Å². The second kappa shape index (κ2) is 2.93. The van der Waals surface area contributed by atoms with Gasteiger partial charge in [-0.25, -0.2) is 0 Å². The molecule has 0 spiro atoms. The average Bonchev–Trinajstić information content (AvgIpc) is 1.85. The molecule has 0 saturated heterocycles. The lowest BCUT2D eigenvalue weighted by Crippen LogP contribution is -2.03. The molecule has 0 amide bonds. The van der Waals surface area contributed by atoms with Gasteiger partial charge in [-0.1, -0.05) is 0 Å². The highest BCUT2D eigenvalue weighted by Crippen LogP contribution is 1.95. The van der Waals surface area contributed by atoms with Crippen LogP contribution in [-0.2, 0) is 15.9 Å². The van der Waals surface area contributed by atoms with E-state index < -0.39 is 15.9 Å². The molecule has 1 rings (SSSR count). The molecule has 0 aliphatic heterocycles. The van der Waals surface area contributed by atoms with E-state index in [1.807, 2.05) is 0 Å². The third-order valence-electron chi connectivity index (χ3n) is 0.884. The van der Waals surface area contributed by atoms with Crippen molar-refractivity contribution in [2.24, 2.45) is 0 Å². The van der Waals surface area contributed by atoms with Gasteiger partial charge in [-0.2, -0.15) is 8.42 Å². The Morgan fingerprint density at radius 1 is 1.55 bits per heavy atom. The van der Waals surface area contributed by atoms with Crippen LogP contribution < -0.4 is 0 Å². The van der Waals surface area contributed by atoms with Crippen molar-refractivity contribution in [3.05, 3.63) is 24.3 Å². The topological polar surface area (TPSA) is 80.2 Å². The predicted octanol–water partition coefficient (Wildman–Crippen LogP) is -0.335. The third kappa shape index (κ3) is 3.06. The zero-order valence-corrected chi connectivity index (χ0v) is 6.24. The lowest BCUT2D eigenvalue weighted by atomic mass is 10.5. The Labute approximate surface area is 63.9 Å². The molecule has 0 fully saturated rings. The summed E-state index contributed by atoms with van der Waals surface area (Å²) in [6.45, 7) is 0. The van der Waals surface area contributed by atoms with E-state index in [1.165, 1.54) is 12.4 Å². The van der Waals surface area contributed by atoms with Crippen LogP contribution in [0.15, 0.2) is 12.4 Å². The summed E-state index contributed by atoms with van der Waals surface area (Å²) in [5.74, 6) is -0.541. The van der Waals surface area contributed by atoms with E-state index >= 15 is 0 Å². The molecule has 0 aliphatic carbocycles. The molecule has 0 bridgehead atoms. The van der Waals surface area contributed by atoms with Gasteiger partial charge in [0.05, 0.1) is 5.69 Å². The zero-order valence-electron chi connectivity index (χ0n) is 5.43. The number of aromatic nitrogens is 2. The Kier molecular flexibility index (Phi) is 2.16. The molecule has 0 aliphatic rings. The molecule has 0 atom stereocenters. The maximum Gasteiger partial charge on any atom is 0.270 e. The van der Waals surface area contributed by atoms with Crippen molar-refractivity contribution in [2.75, 3.05) is 0 Å². The highest BCUT2D eigenvalue weighted by Gasteiger charge is 2.06. The van der Waals surface area contributed by atoms with E-state index in [1.54, 1.807) is 0 Å². The van der Waals surface area contributed by atoms with Crippen molar-refractivity contribution in [1.82, 2.24) is 9.97 Å². The van der Waals surface area contributed by atoms with Crippen LogP contribution in [0.5, 0.6) is 0 Å². The highest BCUT2D eigenvalue weighted by molar-refractivity contribution is 7.84. The van der Waals surface area contributed by atoms with Gasteiger partial charge < -0.3 is 0 Å². The van der Waals surface area contributed by atoms with Crippen molar-refractivity contribution in [3.63, 3.8) is 0 Å². The van der Waals surface area contributed by atoms with Gasteiger partial charge in [0.25, 0.3) is 10.1 Å². The Morgan fingerprint density at radius 3 is 2.73 bits per heavy atom. The predicted molar refractivity (Wildman–Crippen MR) is 36.1 cm³/mol. The molecule has 1 aromatic heterocycles. The normalized spacial score (nSPS) is 11.4. The number of rotatable bonds is 2. The summed E-state index contributed by atoms with van der Waals surface area (Å²) in [4.78, 5) is 7.11. The van der Waals surface area contributed by atoms with E-state index in [4.69, 9.17) is 4.55 Å². The minimum Gasteiger partial charge on any atom is -0.285 e. The summed E-state index contributed by atoms with van der Waals surface area (Å²) in [6, 6.07) is 0. The fraction of sp³-hybridized carbons (Fsp3) is 0.200. The quantitative estimate of drug-likeness (QED) is 0.619. The Morgan fingerprint density at radius 2 is 2.27 bits per heavy atom. The number of hydrogen-bond donors (Lipinski definition) is 1. The molecule has 1 heterocycles. The summed E-state index contributed by atoms with van der Waals surface area (Å²) >= 11 is 0. The molecule has 1 N–H and O–H groups in total. The first-order chi connectivity index (χ1) is 5.08. The molecule has 11 heavy (non-hydrogen) atoms. The van der Waals surface area contributed by atoms with Gasteiger partial charge in [-0.3, -0.25) is 14.5 Å². The maximum atomic E-state index is 10.3. The first-order valence-electron chi connectivity index (χ1n) is 2.71. The van der Waals surface area contributed by atoms with Crippen LogP contribution in [-0.4, -0.2) is 22.9 Å². The van der Waals surface area contributed by atoms with E-state index in [0.717, 1.165) is 0 Å². The Hall–Kier alpha value is -1.01. The van der Waals surface area contributed by atoms with E-state index in [9.17, 15) is 8.42 Å². The van der Waals surface area contributed by atoms with Crippen LogP contribution in [0.25, 0.3) is 0 Å². The largest absolute Gasteiger partial charge is 0.285 e. The summed E-state index contributed by atoms with van der Waals surface area (Å²) in [5, 5.41) is 0. The summed E-state index contributed by atoms with van der Waals surface area (Å²) in [7, 11) is -4.01. The first-order valence-corrected chi connectivity index (χ1v) is 4.31. The summed E-state index contributed by atoms with van der Waals surface area (Å²) < 4.78 is 28.9. The van der Waals surface area contributed by atoms with E-state index in [-0.39, 0.29) is 5.69 Å². The van der Waals surface area contributed by atoms with Crippen molar-refractivity contribution in [1.29, 1.82) is 0 Å². The van der Waals surface area contributed by atoms with Crippen molar-refractivity contribution in [2.45, 2.75) is 5.75 Å². The lowest BCUT2D eigenvalue weighted by Gasteiger charge is -1.92. The smallest absolute Gasteiger partial charge is 0.270 e. The zero-order chi connectivity index (χ0) is 8.32. The Bertz CT molecular complexity index is 321.